The average molecular weight is 465 g/mol. The molecule has 7 heteroatoms. The zero-order valence-electron chi connectivity index (χ0n) is 18.4. The van der Waals surface area contributed by atoms with Gasteiger partial charge in [0.15, 0.2) is 0 Å². The van der Waals surface area contributed by atoms with Gasteiger partial charge < -0.3 is 9.47 Å². The fourth-order valence-corrected chi connectivity index (χ4v) is 4.42. The summed E-state index contributed by atoms with van der Waals surface area (Å²) in [6.45, 7) is 2.95. The first-order valence-corrected chi connectivity index (χ1v) is 11.9. The second-order valence-electron chi connectivity index (χ2n) is 7.68. The van der Waals surface area contributed by atoms with E-state index in [-0.39, 0.29) is 11.6 Å². The van der Waals surface area contributed by atoms with Gasteiger partial charge in [0.1, 0.15) is 28.5 Å². The largest absolute Gasteiger partial charge is 0.493 e. The molecule has 0 aliphatic carbocycles. The molecule has 2 aromatic carbocycles. The number of rotatable bonds is 11. The topological polar surface area (TPSA) is 61.3 Å². The van der Waals surface area contributed by atoms with E-state index in [2.05, 4.69) is 9.97 Å². The molecule has 4 aromatic rings. The van der Waals surface area contributed by atoms with Crippen LogP contribution < -0.4 is 9.47 Å². The molecule has 0 bridgehead atoms. The molecule has 2 aromatic heterocycles. The summed E-state index contributed by atoms with van der Waals surface area (Å²) in [6, 6.07) is 14.0. The van der Waals surface area contributed by atoms with Crippen LogP contribution in [-0.4, -0.2) is 29.0 Å². The molecule has 0 radical (unpaired) electrons. The van der Waals surface area contributed by atoms with Crippen LogP contribution in [0.1, 0.15) is 31.7 Å². The minimum Gasteiger partial charge on any atom is -0.493 e. The molecule has 0 atom stereocenters. The molecule has 0 aliphatic rings. The van der Waals surface area contributed by atoms with Crippen molar-refractivity contribution in [3.63, 3.8) is 0 Å². The smallest absolute Gasteiger partial charge is 0.225 e. The Kier molecular flexibility index (Phi) is 7.62. The van der Waals surface area contributed by atoms with E-state index >= 15 is 0 Å². The van der Waals surface area contributed by atoms with Gasteiger partial charge in [0.25, 0.3) is 0 Å². The molecule has 4 rings (SSSR count). The molecule has 0 saturated heterocycles. The number of carbonyl (C=O) groups is 1. The fraction of sp³-hybridized carbons (Fsp3) is 0.269. The number of hydrogen-bond donors (Lipinski definition) is 0. The predicted molar refractivity (Wildman–Crippen MR) is 128 cm³/mol. The lowest BCUT2D eigenvalue weighted by atomic mass is 10.1. The second kappa shape index (κ2) is 11.0. The maximum absolute atomic E-state index is 13.3. The number of hydrogen-bond acceptors (Lipinski definition) is 6. The lowest BCUT2D eigenvalue weighted by Gasteiger charge is -2.09. The number of aromatic nitrogens is 2. The van der Waals surface area contributed by atoms with Crippen molar-refractivity contribution in [1.29, 1.82) is 0 Å². The summed E-state index contributed by atoms with van der Waals surface area (Å²) in [7, 11) is 0. The Morgan fingerprint density at radius 2 is 1.76 bits per heavy atom. The third kappa shape index (κ3) is 5.93. The van der Waals surface area contributed by atoms with Crippen LogP contribution in [0.15, 0.2) is 60.2 Å². The SMILES string of the molecule is CCCC(=O)Cc1ccc(OCCCOc2ncnc3scc(-c4ccc(F)cc4)c23)cc1. The van der Waals surface area contributed by atoms with Crippen LogP contribution in [0, 0.1) is 5.82 Å². The van der Waals surface area contributed by atoms with Gasteiger partial charge in [0.05, 0.1) is 18.6 Å². The van der Waals surface area contributed by atoms with E-state index in [9.17, 15) is 9.18 Å². The van der Waals surface area contributed by atoms with Crippen molar-refractivity contribution in [3.8, 4) is 22.8 Å². The molecule has 170 valence electrons. The Bertz CT molecular complexity index is 1210. The maximum atomic E-state index is 13.3. The van der Waals surface area contributed by atoms with Gasteiger partial charge in [-0.3, -0.25) is 4.79 Å². The van der Waals surface area contributed by atoms with Crippen molar-refractivity contribution < 1.29 is 18.7 Å². The number of thiophene rings is 1. The van der Waals surface area contributed by atoms with Crippen LogP contribution in [0.3, 0.4) is 0 Å². The van der Waals surface area contributed by atoms with Gasteiger partial charge in [0, 0.05) is 30.2 Å². The van der Waals surface area contributed by atoms with E-state index in [1.165, 1.54) is 29.8 Å². The molecule has 0 unspecified atom stereocenters. The average Bonchev–Trinajstić information content (AvgIpc) is 3.26. The maximum Gasteiger partial charge on any atom is 0.225 e. The van der Waals surface area contributed by atoms with Crippen molar-refractivity contribution >= 4 is 27.3 Å². The molecular weight excluding hydrogens is 439 g/mol. The lowest BCUT2D eigenvalue weighted by molar-refractivity contribution is -0.118. The predicted octanol–water partition coefficient (Wildman–Crippen LogP) is 6.26. The summed E-state index contributed by atoms with van der Waals surface area (Å²) >= 11 is 1.50. The van der Waals surface area contributed by atoms with E-state index in [1.54, 1.807) is 12.1 Å². The van der Waals surface area contributed by atoms with E-state index in [0.29, 0.717) is 38.4 Å². The van der Waals surface area contributed by atoms with E-state index in [4.69, 9.17) is 9.47 Å². The van der Waals surface area contributed by atoms with Crippen LogP contribution in [0.5, 0.6) is 11.6 Å². The lowest BCUT2D eigenvalue weighted by Crippen LogP contribution is -2.06. The van der Waals surface area contributed by atoms with Gasteiger partial charge in [-0.2, -0.15) is 0 Å². The van der Waals surface area contributed by atoms with Crippen LogP contribution in [0.25, 0.3) is 21.3 Å². The van der Waals surface area contributed by atoms with E-state index in [1.807, 2.05) is 36.6 Å². The summed E-state index contributed by atoms with van der Waals surface area (Å²) in [4.78, 5) is 21.2. The summed E-state index contributed by atoms with van der Waals surface area (Å²) in [5, 5.41) is 2.82. The first-order chi connectivity index (χ1) is 16.1. The summed E-state index contributed by atoms with van der Waals surface area (Å²) in [5.74, 6) is 1.27. The van der Waals surface area contributed by atoms with Gasteiger partial charge in [-0.1, -0.05) is 31.2 Å². The number of benzene rings is 2. The zero-order valence-corrected chi connectivity index (χ0v) is 19.2. The summed E-state index contributed by atoms with van der Waals surface area (Å²) in [6.07, 6.45) is 4.14. The molecular formula is C26H25FN2O3S. The Hall–Kier alpha value is -3.32. The van der Waals surface area contributed by atoms with Crippen molar-refractivity contribution in [2.75, 3.05) is 13.2 Å². The van der Waals surface area contributed by atoms with E-state index < -0.39 is 0 Å². The quantitative estimate of drug-likeness (QED) is 0.245. The fourth-order valence-electron chi connectivity index (χ4n) is 3.52. The minimum absolute atomic E-state index is 0.260. The van der Waals surface area contributed by atoms with Crippen LogP contribution in [0.2, 0.25) is 0 Å². The standard InChI is InChI=1S/C26H25FN2O3S/c1-2-4-21(30)15-18-5-11-22(12-6-18)31-13-3-14-32-25-24-23(16-33-26(24)29-17-28-25)19-7-9-20(27)10-8-19/h5-12,16-17H,2-4,13-15H2,1H3. The highest BCUT2D eigenvalue weighted by atomic mass is 32.1. The first-order valence-electron chi connectivity index (χ1n) is 11.0. The zero-order chi connectivity index (χ0) is 23.0. The van der Waals surface area contributed by atoms with Gasteiger partial charge in [-0.15, -0.1) is 11.3 Å². The first kappa shape index (κ1) is 22.9. The van der Waals surface area contributed by atoms with Gasteiger partial charge in [0.2, 0.25) is 5.88 Å². The number of ether oxygens (including phenoxy) is 2. The molecule has 0 saturated carbocycles. The number of Topliss-reactive ketones (excluding diaryl/α,β-unsaturated/α-hetero) is 1. The van der Waals surface area contributed by atoms with Crippen LogP contribution >= 0.6 is 11.3 Å². The van der Waals surface area contributed by atoms with Crippen molar-refractivity contribution in [1.82, 2.24) is 9.97 Å². The number of nitrogens with zero attached hydrogens (tertiary/aromatic N) is 2. The molecule has 33 heavy (non-hydrogen) atoms. The van der Waals surface area contributed by atoms with Crippen molar-refractivity contribution in [2.45, 2.75) is 32.6 Å². The normalized spacial score (nSPS) is 11.0. The molecule has 2 heterocycles. The monoisotopic (exact) mass is 464 g/mol. The number of fused-ring (bicyclic) bond motifs is 1. The van der Waals surface area contributed by atoms with E-state index in [0.717, 1.165) is 39.1 Å². The number of carbonyl (C=O) groups excluding carboxylic acids is 1. The Morgan fingerprint density at radius 1 is 1.00 bits per heavy atom. The Balaban J connectivity index is 1.31. The second-order valence-corrected chi connectivity index (χ2v) is 8.53. The molecule has 0 spiro atoms. The molecule has 5 nitrogen and oxygen atoms in total. The molecule has 0 amide bonds. The number of ketones is 1. The van der Waals surface area contributed by atoms with Gasteiger partial charge >= 0.3 is 0 Å². The molecule has 0 aliphatic heterocycles. The highest BCUT2D eigenvalue weighted by Crippen LogP contribution is 2.37. The highest BCUT2D eigenvalue weighted by Gasteiger charge is 2.14. The summed E-state index contributed by atoms with van der Waals surface area (Å²) < 4.78 is 25.1. The minimum atomic E-state index is -0.273. The van der Waals surface area contributed by atoms with Crippen LogP contribution in [-0.2, 0) is 11.2 Å². The Morgan fingerprint density at radius 3 is 2.52 bits per heavy atom. The van der Waals surface area contributed by atoms with Crippen molar-refractivity contribution in [3.05, 3.63) is 71.6 Å². The third-order valence-electron chi connectivity index (χ3n) is 5.14. The molecule has 0 N–H and O–H groups in total. The van der Waals surface area contributed by atoms with Crippen molar-refractivity contribution in [2.24, 2.45) is 0 Å². The number of halogens is 1. The summed E-state index contributed by atoms with van der Waals surface area (Å²) in [5.41, 5.74) is 2.83. The molecule has 0 fully saturated rings. The van der Waals surface area contributed by atoms with Gasteiger partial charge in [-0.25, -0.2) is 14.4 Å². The van der Waals surface area contributed by atoms with Gasteiger partial charge in [-0.05, 0) is 41.8 Å². The highest BCUT2D eigenvalue weighted by molar-refractivity contribution is 7.17. The third-order valence-corrected chi connectivity index (χ3v) is 6.03. The Labute approximate surface area is 196 Å². The van der Waals surface area contributed by atoms with Crippen LogP contribution in [0.4, 0.5) is 4.39 Å².